The molecule has 0 unspecified atom stereocenters. The van der Waals surface area contributed by atoms with E-state index < -0.39 is 0 Å². The van der Waals surface area contributed by atoms with Crippen LogP contribution < -0.4 is 4.74 Å². The summed E-state index contributed by atoms with van der Waals surface area (Å²) in [7, 11) is 1.66. The molecule has 29 heavy (non-hydrogen) atoms. The molecule has 2 aromatic rings. The molecule has 0 aromatic heterocycles. The molecule has 1 amide bonds. The van der Waals surface area contributed by atoms with Gasteiger partial charge in [0, 0.05) is 19.5 Å². The van der Waals surface area contributed by atoms with E-state index in [0.29, 0.717) is 26.2 Å². The number of ether oxygens (including phenoxy) is 2. The average molecular weight is 393 g/mol. The summed E-state index contributed by atoms with van der Waals surface area (Å²) in [6.07, 6.45) is 0.686. The molecule has 1 saturated heterocycles. The lowest BCUT2D eigenvalue weighted by atomic mass is 9.97. The van der Waals surface area contributed by atoms with Crippen LogP contribution in [0.15, 0.2) is 53.6 Å². The van der Waals surface area contributed by atoms with Crippen LogP contribution in [0.25, 0.3) is 0 Å². The molecule has 2 aliphatic rings. The Morgan fingerprint density at radius 2 is 1.97 bits per heavy atom. The summed E-state index contributed by atoms with van der Waals surface area (Å²) in [5.74, 6) is 0.800. The highest BCUT2D eigenvalue weighted by atomic mass is 16.5. The Labute approximate surface area is 171 Å². The number of benzene rings is 2. The maximum Gasteiger partial charge on any atom is 0.257 e. The molecular formula is C23H27N3O3. The van der Waals surface area contributed by atoms with E-state index in [1.54, 1.807) is 12.1 Å². The number of aryl methyl sites for hydroxylation is 1. The highest BCUT2D eigenvalue weighted by Crippen LogP contribution is 2.34. The van der Waals surface area contributed by atoms with E-state index in [2.05, 4.69) is 30.0 Å². The molecule has 0 spiro atoms. The minimum Gasteiger partial charge on any atom is -0.497 e. The van der Waals surface area contributed by atoms with Crippen LogP contribution in [0.1, 0.15) is 29.2 Å². The molecule has 0 saturated carbocycles. The minimum absolute atomic E-state index is 0.0161. The smallest absolute Gasteiger partial charge is 0.257 e. The highest BCUT2D eigenvalue weighted by Gasteiger charge is 2.34. The zero-order valence-electron chi connectivity index (χ0n) is 17.0. The lowest BCUT2D eigenvalue weighted by Crippen LogP contribution is -2.43. The topological polar surface area (TPSA) is 54.4 Å². The van der Waals surface area contributed by atoms with Crippen molar-refractivity contribution in [1.82, 2.24) is 9.91 Å². The summed E-state index contributed by atoms with van der Waals surface area (Å²) in [6, 6.07) is 16.1. The summed E-state index contributed by atoms with van der Waals surface area (Å²) in [6.45, 7) is 5.32. The van der Waals surface area contributed by atoms with Gasteiger partial charge in [0.05, 0.1) is 38.6 Å². The largest absolute Gasteiger partial charge is 0.497 e. The molecule has 2 aliphatic heterocycles. The van der Waals surface area contributed by atoms with Crippen LogP contribution in [0, 0.1) is 6.92 Å². The first-order chi connectivity index (χ1) is 14.1. The molecule has 1 atom stereocenters. The third-order valence-corrected chi connectivity index (χ3v) is 5.46. The van der Waals surface area contributed by atoms with Gasteiger partial charge in [0.1, 0.15) is 5.75 Å². The Kier molecular flexibility index (Phi) is 5.92. The minimum atomic E-state index is -0.130. The van der Waals surface area contributed by atoms with Crippen LogP contribution >= 0.6 is 0 Å². The number of nitrogens with zero attached hydrogens (tertiary/aromatic N) is 3. The number of methoxy groups -OCH3 is 1. The molecule has 4 rings (SSSR count). The summed E-state index contributed by atoms with van der Waals surface area (Å²) in [5, 5.41) is 6.45. The number of hydrogen-bond acceptors (Lipinski definition) is 5. The standard InChI is InChI=1S/C23H27N3O3/c1-17-5-3-6-18(13-17)21-15-22(19-7-4-8-20(14-19)28-2)26(24-21)23(27)16-25-9-11-29-12-10-25/h3-8,13-14,22H,9-12,15-16H2,1-2H3/t22-/m0/s1. The molecule has 0 aliphatic carbocycles. The Morgan fingerprint density at radius 3 is 2.72 bits per heavy atom. The number of rotatable bonds is 5. The Hall–Kier alpha value is -2.70. The maximum absolute atomic E-state index is 13.2. The predicted molar refractivity (Wildman–Crippen MR) is 112 cm³/mol. The van der Waals surface area contributed by atoms with E-state index in [4.69, 9.17) is 14.6 Å². The molecule has 6 heteroatoms. The van der Waals surface area contributed by atoms with E-state index in [1.165, 1.54) is 5.56 Å². The SMILES string of the molecule is COc1cccc([C@@H]2CC(c3cccc(C)c3)=NN2C(=O)CN2CCOCC2)c1. The van der Waals surface area contributed by atoms with Gasteiger partial charge < -0.3 is 9.47 Å². The second-order valence-corrected chi connectivity index (χ2v) is 7.54. The quantitative estimate of drug-likeness (QED) is 0.784. The first-order valence-corrected chi connectivity index (χ1v) is 10.0. The molecule has 2 aromatic carbocycles. The zero-order valence-corrected chi connectivity index (χ0v) is 17.0. The number of amides is 1. The zero-order chi connectivity index (χ0) is 20.2. The fourth-order valence-electron chi connectivity index (χ4n) is 3.87. The average Bonchev–Trinajstić information content (AvgIpc) is 3.20. The van der Waals surface area contributed by atoms with Crippen molar-refractivity contribution in [3.05, 3.63) is 65.2 Å². The van der Waals surface area contributed by atoms with Gasteiger partial charge in [-0.25, -0.2) is 5.01 Å². The van der Waals surface area contributed by atoms with E-state index in [9.17, 15) is 4.79 Å². The van der Waals surface area contributed by atoms with Crippen molar-refractivity contribution in [3.8, 4) is 5.75 Å². The Balaban J connectivity index is 1.62. The first-order valence-electron chi connectivity index (χ1n) is 10.0. The van der Waals surface area contributed by atoms with Gasteiger partial charge in [0.25, 0.3) is 5.91 Å². The van der Waals surface area contributed by atoms with Gasteiger partial charge in [0.2, 0.25) is 0 Å². The Morgan fingerprint density at radius 1 is 1.17 bits per heavy atom. The second-order valence-electron chi connectivity index (χ2n) is 7.54. The van der Waals surface area contributed by atoms with Crippen molar-refractivity contribution in [1.29, 1.82) is 0 Å². The van der Waals surface area contributed by atoms with Crippen LogP contribution in [0.5, 0.6) is 5.75 Å². The molecule has 2 heterocycles. The highest BCUT2D eigenvalue weighted by molar-refractivity contribution is 6.03. The van der Waals surface area contributed by atoms with Crippen LogP contribution in [0.4, 0.5) is 0 Å². The van der Waals surface area contributed by atoms with E-state index >= 15 is 0 Å². The van der Waals surface area contributed by atoms with E-state index in [1.807, 2.05) is 30.3 Å². The third kappa shape index (κ3) is 4.49. The predicted octanol–water partition coefficient (Wildman–Crippen LogP) is 3.01. The number of carbonyl (C=O) groups excluding carboxylic acids is 1. The van der Waals surface area contributed by atoms with Gasteiger partial charge in [-0.2, -0.15) is 5.10 Å². The molecule has 152 valence electrons. The molecule has 0 radical (unpaired) electrons. The van der Waals surface area contributed by atoms with Crippen LogP contribution in [0.3, 0.4) is 0 Å². The van der Waals surface area contributed by atoms with Crippen molar-refractivity contribution >= 4 is 11.6 Å². The van der Waals surface area contributed by atoms with Gasteiger partial charge in [-0.15, -0.1) is 0 Å². The van der Waals surface area contributed by atoms with Gasteiger partial charge in [0.15, 0.2) is 0 Å². The van der Waals surface area contributed by atoms with E-state index in [0.717, 1.165) is 35.7 Å². The number of hydrogen-bond donors (Lipinski definition) is 0. The molecule has 0 bridgehead atoms. The van der Waals surface area contributed by atoms with Gasteiger partial charge in [-0.1, -0.05) is 42.0 Å². The lowest BCUT2D eigenvalue weighted by molar-refractivity contribution is -0.135. The number of carbonyl (C=O) groups is 1. The number of hydrazone groups is 1. The van der Waals surface area contributed by atoms with E-state index in [-0.39, 0.29) is 11.9 Å². The van der Waals surface area contributed by atoms with Gasteiger partial charge in [-0.3, -0.25) is 9.69 Å². The van der Waals surface area contributed by atoms with Crippen LogP contribution in [-0.4, -0.2) is 61.5 Å². The molecule has 6 nitrogen and oxygen atoms in total. The molecule has 1 fully saturated rings. The number of morpholine rings is 1. The van der Waals surface area contributed by atoms with Gasteiger partial charge >= 0.3 is 0 Å². The summed E-state index contributed by atoms with van der Waals surface area (Å²) < 4.78 is 10.8. The summed E-state index contributed by atoms with van der Waals surface area (Å²) in [5.41, 5.74) is 4.23. The van der Waals surface area contributed by atoms with Crippen molar-refractivity contribution in [2.45, 2.75) is 19.4 Å². The summed E-state index contributed by atoms with van der Waals surface area (Å²) in [4.78, 5) is 15.3. The second kappa shape index (κ2) is 8.76. The normalized spacial score (nSPS) is 19.9. The van der Waals surface area contributed by atoms with Crippen molar-refractivity contribution in [2.75, 3.05) is 40.0 Å². The monoisotopic (exact) mass is 393 g/mol. The first kappa shape index (κ1) is 19.6. The maximum atomic E-state index is 13.2. The van der Waals surface area contributed by atoms with Gasteiger partial charge in [-0.05, 0) is 30.2 Å². The van der Waals surface area contributed by atoms with Crippen LogP contribution in [0.2, 0.25) is 0 Å². The summed E-state index contributed by atoms with van der Waals surface area (Å²) >= 11 is 0. The molecular weight excluding hydrogens is 366 g/mol. The molecule has 0 N–H and O–H groups in total. The van der Waals surface area contributed by atoms with Crippen molar-refractivity contribution in [3.63, 3.8) is 0 Å². The van der Waals surface area contributed by atoms with Crippen molar-refractivity contribution in [2.24, 2.45) is 5.10 Å². The van der Waals surface area contributed by atoms with Crippen LogP contribution in [-0.2, 0) is 9.53 Å². The fraction of sp³-hybridized carbons (Fsp3) is 0.391. The van der Waals surface area contributed by atoms with Crippen molar-refractivity contribution < 1.29 is 14.3 Å². The Bertz CT molecular complexity index is 906. The third-order valence-electron chi connectivity index (χ3n) is 5.46. The fourth-order valence-corrected chi connectivity index (χ4v) is 3.87. The lowest BCUT2D eigenvalue weighted by Gasteiger charge is -2.29.